The Kier molecular flexibility index (Phi) is 10.1. The predicted molar refractivity (Wildman–Crippen MR) is 152 cm³/mol. The average molecular weight is 546 g/mol. The number of rotatable bonds is 13. The number of hydrogen-bond donors (Lipinski definition) is 1. The molecule has 0 bridgehead atoms. The third-order valence-electron chi connectivity index (χ3n) is 7.74. The van der Waals surface area contributed by atoms with Crippen molar-refractivity contribution >= 4 is 23.6 Å². The van der Waals surface area contributed by atoms with Crippen LogP contribution in [-0.2, 0) is 32.1 Å². The van der Waals surface area contributed by atoms with Crippen LogP contribution in [0.5, 0.6) is 5.75 Å². The minimum Gasteiger partial charge on any atom is -0.497 e. The van der Waals surface area contributed by atoms with Crippen LogP contribution in [0.15, 0.2) is 66.7 Å². The lowest BCUT2D eigenvalue weighted by atomic mass is 9.85. The van der Waals surface area contributed by atoms with Crippen molar-refractivity contribution in [2.75, 3.05) is 20.2 Å². The minimum atomic E-state index is -0.769. The van der Waals surface area contributed by atoms with Gasteiger partial charge in [-0.1, -0.05) is 68.0 Å². The van der Waals surface area contributed by atoms with Gasteiger partial charge >= 0.3 is 0 Å². The maximum Gasteiger partial charge on any atom is 0.243 e. The summed E-state index contributed by atoms with van der Waals surface area (Å²) in [5.74, 6) is -0.941. The molecule has 0 spiro atoms. The molecule has 3 atom stereocenters. The summed E-state index contributed by atoms with van der Waals surface area (Å²) in [7, 11) is 1.58. The van der Waals surface area contributed by atoms with Gasteiger partial charge in [0.25, 0.3) is 0 Å². The van der Waals surface area contributed by atoms with E-state index in [1.54, 1.807) is 12.0 Å². The van der Waals surface area contributed by atoms with Gasteiger partial charge in [0, 0.05) is 32.5 Å². The van der Waals surface area contributed by atoms with E-state index in [0.717, 1.165) is 24.0 Å². The van der Waals surface area contributed by atoms with E-state index in [1.165, 1.54) is 4.90 Å². The van der Waals surface area contributed by atoms with Crippen LogP contribution in [0.3, 0.4) is 0 Å². The van der Waals surface area contributed by atoms with Crippen molar-refractivity contribution in [3.05, 3.63) is 77.9 Å². The molecule has 1 N–H and O–H groups in total. The molecule has 2 aromatic carbocycles. The molecule has 1 aliphatic carbocycles. The van der Waals surface area contributed by atoms with E-state index >= 15 is 0 Å². The molecule has 0 radical (unpaired) electrons. The van der Waals surface area contributed by atoms with Crippen molar-refractivity contribution in [1.82, 2.24) is 15.1 Å². The molecule has 8 nitrogen and oxygen atoms in total. The SMILES string of the molecule is CCCCNC(=O)C(Cc1ccccc1)N(Cc1cccc(OC)c1)C(=O)CCN1C(=O)[C@H]2CC=CC[C@H]2C1=O. The van der Waals surface area contributed by atoms with Gasteiger partial charge < -0.3 is 15.0 Å². The van der Waals surface area contributed by atoms with Crippen molar-refractivity contribution in [2.45, 2.75) is 58.0 Å². The van der Waals surface area contributed by atoms with E-state index in [2.05, 4.69) is 12.2 Å². The first kappa shape index (κ1) is 29.1. The Morgan fingerprint density at radius 2 is 1.68 bits per heavy atom. The number of fused-ring (bicyclic) bond motifs is 1. The van der Waals surface area contributed by atoms with Crippen LogP contribution in [0.25, 0.3) is 0 Å². The fraction of sp³-hybridized carbons (Fsp3) is 0.438. The lowest BCUT2D eigenvalue weighted by Gasteiger charge is -2.32. The van der Waals surface area contributed by atoms with Crippen molar-refractivity contribution in [3.8, 4) is 5.75 Å². The van der Waals surface area contributed by atoms with E-state index in [1.807, 2.05) is 66.7 Å². The molecule has 1 heterocycles. The maximum absolute atomic E-state index is 13.9. The van der Waals surface area contributed by atoms with Gasteiger partial charge in [0.1, 0.15) is 11.8 Å². The fourth-order valence-corrected chi connectivity index (χ4v) is 5.47. The van der Waals surface area contributed by atoms with Crippen LogP contribution in [-0.4, -0.2) is 59.7 Å². The van der Waals surface area contributed by atoms with Crippen LogP contribution in [0.1, 0.15) is 50.2 Å². The van der Waals surface area contributed by atoms with Crippen LogP contribution < -0.4 is 10.1 Å². The van der Waals surface area contributed by atoms with Crippen LogP contribution in [0.4, 0.5) is 0 Å². The number of nitrogens with one attached hydrogen (secondary N) is 1. The van der Waals surface area contributed by atoms with E-state index in [4.69, 9.17) is 4.74 Å². The Morgan fingerprint density at radius 1 is 1.00 bits per heavy atom. The molecule has 4 rings (SSSR count). The second kappa shape index (κ2) is 13.9. The van der Waals surface area contributed by atoms with E-state index < -0.39 is 6.04 Å². The topological polar surface area (TPSA) is 96.0 Å². The van der Waals surface area contributed by atoms with Gasteiger partial charge in [-0.2, -0.15) is 0 Å². The van der Waals surface area contributed by atoms with Crippen molar-refractivity contribution < 1.29 is 23.9 Å². The standard InChI is InChI=1S/C32H39N3O5/c1-3-4-18-33-30(37)28(21-23-11-6-5-7-12-23)35(22-24-13-10-14-25(20-24)40-2)29(36)17-19-34-31(38)26-15-8-9-16-27(26)32(34)39/h5-14,20,26-28H,3-4,15-19,21-22H2,1-2H3,(H,33,37)/t26-,27+,28?. The minimum absolute atomic E-state index is 0.00756. The molecular formula is C32H39N3O5. The summed E-state index contributed by atoms with van der Waals surface area (Å²) in [4.78, 5) is 56.3. The van der Waals surface area contributed by atoms with Crippen molar-refractivity contribution in [2.24, 2.45) is 11.8 Å². The molecule has 1 saturated heterocycles. The number of imide groups is 1. The third kappa shape index (κ3) is 6.97. The maximum atomic E-state index is 13.9. The number of methoxy groups -OCH3 is 1. The van der Waals surface area contributed by atoms with Gasteiger partial charge in [-0.15, -0.1) is 0 Å². The molecule has 8 heteroatoms. The third-order valence-corrected chi connectivity index (χ3v) is 7.74. The summed E-state index contributed by atoms with van der Waals surface area (Å²) in [6.45, 7) is 2.77. The highest BCUT2D eigenvalue weighted by Crippen LogP contribution is 2.35. The summed E-state index contributed by atoms with van der Waals surface area (Å²) in [6, 6.07) is 16.3. The summed E-state index contributed by atoms with van der Waals surface area (Å²) in [6.07, 6.45) is 7.06. The molecule has 2 aliphatic rings. The number of ether oxygens (including phenoxy) is 1. The Labute approximate surface area is 236 Å². The van der Waals surface area contributed by atoms with Gasteiger partial charge in [-0.25, -0.2) is 0 Å². The first-order valence-electron chi connectivity index (χ1n) is 14.2. The van der Waals surface area contributed by atoms with Crippen molar-refractivity contribution in [1.29, 1.82) is 0 Å². The Balaban J connectivity index is 1.58. The first-order chi connectivity index (χ1) is 19.4. The number of allylic oxidation sites excluding steroid dienone is 2. The van der Waals surface area contributed by atoms with E-state index in [9.17, 15) is 19.2 Å². The Morgan fingerprint density at radius 3 is 2.33 bits per heavy atom. The molecule has 2 aromatic rings. The number of nitrogens with zero attached hydrogens (tertiary/aromatic N) is 2. The molecule has 40 heavy (non-hydrogen) atoms. The normalized spacial score (nSPS) is 18.8. The van der Waals surface area contributed by atoms with Gasteiger partial charge in [-0.3, -0.25) is 24.1 Å². The largest absolute Gasteiger partial charge is 0.497 e. The fourth-order valence-electron chi connectivity index (χ4n) is 5.47. The van der Waals surface area contributed by atoms with E-state index in [-0.39, 0.29) is 55.0 Å². The molecule has 1 fully saturated rings. The molecular weight excluding hydrogens is 506 g/mol. The average Bonchev–Trinajstić information content (AvgIpc) is 3.23. The molecule has 1 unspecified atom stereocenters. The van der Waals surface area contributed by atoms with Gasteiger partial charge in [-0.05, 0) is 42.5 Å². The summed E-state index contributed by atoms with van der Waals surface area (Å²) >= 11 is 0. The number of carbonyl (C=O) groups is 4. The molecule has 1 aliphatic heterocycles. The van der Waals surface area contributed by atoms with Crippen molar-refractivity contribution in [3.63, 3.8) is 0 Å². The number of hydrogen-bond acceptors (Lipinski definition) is 5. The quantitative estimate of drug-likeness (QED) is 0.234. The zero-order valence-electron chi connectivity index (χ0n) is 23.4. The molecule has 0 saturated carbocycles. The second-order valence-electron chi connectivity index (χ2n) is 10.5. The number of benzene rings is 2. The molecule has 212 valence electrons. The van der Waals surface area contributed by atoms with Gasteiger partial charge in [0.05, 0.1) is 18.9 Å². The first-order valence-corrected chi connectivity index (χ1v) is 14.2. The number of amides is 4. The number of unbranched alkanes of at least 4 members (excludes halogenated alkanes) is 1. The van der Waals surface area contributed by atoms with Gasteiger partial charge in [0.2, 0.25) is 23.6 Å². The monoisotopic (exact) mass is 545 g/mol. The van der Waals surface area contributed by atoms with Crippen LogP contribution in [0, 0.1) is 11.8 Å². The summed E-state index contributed by atoms with van der Waals surface area (Å²) in [5, 5.41) is 3.01. The van der Waals surface area contributed by atoms with Crippen LogP contribution >= 0.6 is 0 Å². The highest BCUT2D eigenvalue weighted by Gasteiger charge is 2.47. The van der Waals surface area contributed by atoms with Crippen LogP contribution in [0.2, 0.25) is 0 Å². The number of likely N-dealkylation sites (tertiary alicyclic amines) is 1. The predicted octanol–water partition coefficient (Wildman–Crippen LogP) is 3.89. The second-order valence-corrected chi connectivity index (χ2v) is 10.5. The summed E-state index contributed by atoms with van der Waals surface area (Å²) < 4.78 is 5.38. The zero-order valence-corrected chi connectivity index (χ0v) is 23.4. The Hall–Kier alpha value is -3.94. The lowest BCUT2D eigenvalue weighted by Crippen LogP contribution is -2.51. The Bertz CT molecular complexity index is 1200. The lowest BCUT2D eigenvalue weighted by molar-refractivity contribution is -0.144. The summed E-state index contributed by atoms with van der Waals surface area (Å²) in [5.41, 5.74) is 1.75. The zero-order chi connectivity index (χ0) is 28.5. The van der Waals surface area contributed by atoms with Gasteiger partial charge in [0.15, 0.2) is 0 Å². The smallest absolute Gasteiger partial charge is 0.243 e. The molecule has 4 amide bonds. The van der Waals surface area contributed by atoms with E-state index in [0.29, 0.717) is 31.6 Å². The molecule has 0 aromatic heterocycles. The highest BCUT2D eigenvalue weighted by molar-refractivity contribution is 6.05. The highest BCUT2D eigenvalue weighted by atomic mass is 16.5. The number of carbonyl (C=O) groups excluding carboxylic acids is 4.